The van der Waals surface area contributed by atoms with Gasteiger partial charge in [-0.05, 0) is 44.2 Å². The Morgan fingerprint density at radius 2 is 1.93 bits per heavy atom. The van der Waals surface area contributed by atoms with Crippen LogP contribution >= 0.6 is 0 Å². The molecule has 0 bridgehead atoms. The number of nitrogens with one attached hydrogen (secondary N) is 1. The van der Waals surface area contributed by atoms with Gasteiger partial charge in [-0.3, -0.25) is 9.59 Å². The van der Waals surface area contributed by atoms with Crippen molar-refractivity contribution in [3.63, 3.8) is 0 Å². The Bertz CT molecular complexity index is 869. The zero-order valence-corrected chi connectivity index (χ0v) is 17.0. The van der Waals surface area contributed by atoms with Crippen LogP contribution in [0.25, 0.3) is 0 Å². The van der Waals surface area contributed by atoms with Crippen LogP contribution in [0.4, 0.5) is 5.69 Å². The minimum Gasteiger partial charge on any atom is -0.385 e. The van der Waals surface area contributed by atoms with Gasteiger partial charge in [0.05, 0.1) is 0 Å². The number of amides is 1. The number of nitrogens with zero attached hydrogens (tertiary/aromatic N) is 1. The zero-order chi connectivity index (χ0) is 20.0. The maximum absolute atomic E-state index is 13.1. The van der Waals surface area contributed by atoms with E-state index in [1.165, 1.54) is 0 Å². The third-order valence-corrected chi connectivity index (χ3v) is 4.90. The summed E-state index contributed by atoms with van der Waals surface area (Å²) >= 11 is 0. The second-order valence-corrected chi connectivity index (χ2v) is 6.74. The van der Waals surface area contributed by atoms with Gasteiger partial charge in [0.2, 0.25) is 0 Å². The summed E-state index contributed by atoms with van der Waals surface area (Å²) in [6, 6.07) is 7.50. The highest BCUT2D eigenvalue weighted by atomic mass is 16.5. The first-order valence-corrected chi connectivity index (χ1v) is 9.56. The fourth-order valence-corrected chi connectivity index (χ4v) is 3.50. The number of carbonyl (C=O) groups excluding carboxylic acids is 1. The van der Waals surface area contributed by atoms with Crippen LogP contribution in [0.2, 0.25) is 0 Å². The molecule has 0 atom stereocenters. The number of rotatable bonds is 8. The number of para-hydroxylation sites is 1. The molecule has 0 saturated heterocycles. The minimum absolute atomic E-state index is 0.225. The van der Waals surface area contributed by atoms with E-state index in [1.54, 1.807) is 13.2 Å². The van der Waals surface area contributed by atoms with Crippen LogP contribution in [-0.4, -0.2) is 24.2 Å². The highest BCUT2D eigenvalue weighted by Gasteiger charge is 2.20. The number of methoxy groups -OCH3 is 1. The second kappa shape index (κ2) is 9.51. The van der Waals surface area contributed by atoms with Crippen molar-refractivity contribution in [2.75, 3.05) is 19.0 Å². The van der Waals surface area contributed by atoms with Gasteiger partial charge in [0, 0.05) is 43.4 Å². The average molecular weight is 370 g/mol. The molecule has 146 valence electrons. The van der Waals surface area contributed by atoms with Crippen molar-refractivity contribution in [3.05, 3.63) is 62.6 Å². The standard InChI is InChI=1S/C22H30N2O3/c1-6-17-11-8-10-15(3)21(17)23-22(26)20-18(7-2)24(12-9-13-27-5)16(4)14-19(20)25/h8,10-11,14H,6-7,9,12-13H2,1-5H3,(H,23,26). The molecular weight excluding hydrogens is 340 g/mol. The van der Waals surface area contributed by atoms with E-state index in [0.717, 1.165) is 41.0 Å². The summed E-state index contributed by atoms with van der Waals surface area (Å²) in [5.74, 6) is -0.332. The number of carbonyl (C=O) groups is 1. The number of pyridine rings is 1. The van der Waals surface area contributed by atoms with Crippen molar-refractivity contribution in [2.45, 2.75) is 53.5 Å². The van der Waals surface area contributed by atoms with Crippen molar-refractivity contribution >= 4 is 11.6 Å². The molecule has 0 unspecified atom stereocenters. The van der Waals surface area contributed by atoms with Crippen molar-refractivity contribution in [3.8, 4) is 0 Å². The number of hydrogen-bond acceptors (Lipinski definition) is 3. The lowest BCUT2D eigenvalue weighted by atomic mass is 10.0. The molecular formula is C22H30N2O3. The molecule has 1 amide bonds. The van der Waals surface area contributed by atoms with E-state index in [-0.39, 0.29) is 16.9 Å². The fraction of sp³-hybridized carbons (Fsp3) is 0.455. The number of aromatic nitrogens is 1. The van der Waals surface area contributed by atoms with E-state index < -0.39 is 0 Å². The summed E-state index contributed by atoms with van der Waals surface area (Å²) in [6.07, 6.45) is 2.25. The molecule has 0 fully saturated rings. The van der Waals surface area contributed by atoms with Crippen molar-refractivity contribution < 1.29 is 9.53 Å². The first-order chi connectivity index (χ1) is 12.9. The van der Waals surface area contributed by atoms with Gasteiger partial charge in [0.25, 0.3) is 5.91 Å². The Morgan fingerprint density at radius 3 is 2.56 bits per heavy atom. The lowest BCUT2D eigenvalue weighted by Gasteiger charge is -2.20. The molecule has 2 aromatic rings. The molecule has 1 aromatic carbocycles. The van der Waals surface area contributed by atoms with Crippen LogP contribution in [0.5, 0.6) is 0 Å². The Morgan fingerprint density at radius 1 is 1.19 bits per heavy atom. The molecule has 0 aliphatic heterocycles. The third-order valence-electron chi connectivity index (χ3n) is 4.90. The second-order valence-electron chi connectivity index (χ2n) is 6.74. The van der Waals surface area contributed by atoms with Crippen molar-refractivity contribution in [1.82, 2.24) is 4.57 Å². The first-order valence-electron chi connectivity index (χ1n) is 9.56. The van der Waals surface area contributed by atoms with Gasteiger partial charge in [0.1, 0.15) is 5.56 Å². The molecule has 1 N–H and O–H groups in total. The number of aryl methyl sites for hydroxylation is 3. The number of ether oxygens (including phenoxy) is 1. The molecule has 1 heterocycles. The normalized spacial score (nSPS) is 10.9. The molecule has 0 aliphatic rings. The molecule has 5 heteroatoms. The molecule has 0 aliphatic carbocycles. The fourth-order valence-electron chi connectivity index (χ4n) is 3.50. The van der Waals surface area contributed by atoms with Gasteiger partial charge in [-0.15, -0.1) is 0 Å². The first kappa shape index (κ1) is 20.9. The smallest absolute Gasteiger partial charge is 0.261 e. The Balaban J connectivity index is 2.47. The van der Waals surface area contributed by atoms with E-state index in [2.05, 4.69) is 16.8 Å². The Hall–Kier alpha value is -2.40. The minimum atomic E-state index is -0.332. The SMILES string of the molecule is CCc1cccc(C)c1NC(=O)c1c(CC)n(CCCOC)c(C)cc1=O. The lowest BCUT2D eigenvalue weighted by Crippen LogP contribution is -2.29. The van der Waals surface area contributed by atoms with Crippen LogP contribution in [0.1, 0.15) is 53.1 Å². The van der Waals surface area contributed by atoms with Crippen molar-refractivity contribution in [1.29, 1.82) is 0 Å². The van der Waals surface area contributed by atoms with Gasteiger partial charge < -0.3 is 14.6 Å². The maximum Gasteiger partial charge on any atom is 0.261 e. The van der Waals surface area contributed by atoms with Crippen molar-refractivity contribution in [2.24, 2.45) is 0 Å². The van der Waals surface area contributed by atoms with Crippen LogP contribution in [0.3, 0.4) is 0 Å². The van der Waals surface area contributed by atoms with Crippen LogP contribution in [-0.2, 0) is 24.1 Å². The summed E-state index contributed by atoms with van der Waals surface area (Å²) in [7, 11) is 1.67. The largest absolute Gasteiger partial charge is 0.385 e. The monoisotopic (exact) mass is 370 g/mol. The summed E-state index contributed by atoms with van der Waals surface area (Å²) in [6.45, 7) is 9.26. The van der Waals surface area contributed by atoms with Gasteiger partial charge in [-0.2, -0.15) is 0 Å². The molecule has 0 saturated carbocycles. The highest BCUT2D eigenvalue weighted by Crippen LogP contribution is 2.22. The van der Waals surface area contributed by atoms with E-state index in [1.807, 2.05) is 39.0 Å². The Labute approximate surface area is 161 Å². The van der Waals surface area contributed by atoms with E-state index in [4.69, 9.17) is 4.74 Å². The highest BCUT2D eigenvalue weighted by molar-refractivity contribution is 6.05. The zero-order valence-electron chi connectivity index (χ0n) is 17.0. The summed E-state index contributed by atoms with van der Waals surface area (Å²) < 4.78 is 7.21. The summed E-state index contributed by atoms with van der Waals surface area (Å²) in [5.41, 5.74) is 4.53. The third kappa shape index (κ3) is 4.66. The Kier molecular flexibility index (Phi) is 7.36. The molecule has 2 rings (SSSR count). The van der Waals surface area contributed by atoms with E-state index in [9.17, 15) is 9.59 Å². The van der Waals surface area contributed by atoms with Crippen LogP contribution in [0.15, 0.2) is 29.1 Å². The predicted octanol–water partition coefficient (Wildman–Crippen LogP) is 3.88. The van der Waals surface area contributed by atoms with Gasteiger partial charge in [-0.25, -0.2) is 0 Å². The van der Waals surface area contributed by atoms with Crippen LogP contribution in [0, 0.1) is 13.8 Å². The molecule has 5 nitrogen and oxygen atoms in total. The lowest BCUT2D eigenvalue weighted by molar-refractivity contribution is 0.102. The van der Waals surface area contributed by atoms with Crippen LogP contribution < -0.4 is 10.7 Å². The number of benzene rings is 1. The summed E-state index contributed by atoms with van der Waals surface area (Å²) in [4.78, 5) is 25.8. The topological polar surface area (TPSA) is 60.3 Å². The predicted molar refractivity (Wildman–Crippen MR) is 110 cm³/mol. The average Bonchev–Trinajstić information content (AvgIpc) is 2.64. The molecule has 27 heavy (non-hydrogen) atoms. The van der Waals surface area contributed by atoms with Gasteiger partial charge >= 0.3 is 0 Å². The number of hydrogen-bond donors (Lipinski definition) is 1. The molecule has 0 spiro atoms. The van der Waals surface area contributed by atoms with E-state index in [0.29, 0.717) is 19.6 Å². The summed E-state index contributed by atoms with van der Waals surface area (Å²) in [5, 5.41) is 3.00. The maximum atomic E-state index is 13.1. The van der Waals surface area contributed by atoms with Gasteiger partial charge in [-0.1, -0.05) is 32.0 Å². The van der Waals surface area contributed by atoms with Gasteiger partial charge in [0.15, 0.2) is 5.43 Å². The van der Waals surface area contributed by atoms with E-state index >= 15 is 0 Å². The number of anilines is 1. The molecule has 0 radical (unpaired) electrons. The molecule has 1 aromatic heterocycles. The quantitative estimate of drug-likeness (QED) is 0.718.